The van der Waals surface area contributed by atoms with Crippen LogP contribution in [0.5, 0.6) is 0 Å². The Hall–Kier alpha value is -6.00. The van der Waals surface area contributed by atoms with Crippen LogP contribution in [0.4, 0.5) is 0 Å². The second kappa shape index (κ2) is 10.5. The van der Waals surface area contributed by atoms with E-state index in [0.29, 0.717) is 5.95 Å². The Morgan fingerprint density at radius 3 is 2.41 bits per heavy atom. The number of benzene rings is 5. The molecule has 0 N–H and O–H groups in total. The number of fused-ring (bicyclic) bond motifs is 10. The van der Waals surface area contributed by atoms with E-state index in [9.17, 15) is 0 Å². The summed E-state index contributed by atoms with van der Waals surface area (Å²) in [6.07, 6.45) is 13.4. The zero-order valence-electron chi connectivity index (χ0n) is 28.7. The van der Waals surface area contributed by atoms with E-state index in [1.54, 1.807) is 5.57 Å². The van der Waals surface area contributed by atoms with Gasteiger partial charge in [0.1, 0.15) is 11.2 Å². The summed E-state index contributed by atoms with van der Waals surface area (Å²) in [5.41, 5.74) is 14.1. The lowest BCUT2D eigenvalue weighted by Crippen LogP contribution is -2.34. The van der Waals surface area contributed by atoms with Crippen LogP contribution in [0.15, 0.2) is 125 Å². The molecule has 0 saturated carbocycles. The highest BCUT2D eigenvalue weighted by Crippen LogP contribution is 2.51. The molecule has 3 aromatic heterocycles. The number of aromatic nitrogens is 3. The molecule has 0 radical (unpaired) electrons. The van der Waals surface area contributed by atoms with E-state index in [-0.39, 0.29) is 5.41 Å². The van der Waals surface area contributed by atoms with Gasteiger partial charge in [-0.1, -0.05) is 117 Å². The third kappa shape index (κ3) is 4.08. The predicted octanol–water partition coefficient (Wildman–Crippen LogP) is 10.6. The topological polar surface area (TPSA) is 43.9 Å². The molecule has 3 aliphatic rings. The molecule has 0 fully saturated rings. The van der Waals surface area contributed by atoms with Crippen LogP contribution in [0.25, 0.3) is 89.8 Å². The minimum Gasteiger partial charge on any atom is -0.455 e. The van der Waals surface area contributed by atoms with Crippen molar-refractivity contribution in [1.29, 1.82) is 0 Å². The molecule has 11 rings (SSSR count). The van der Waals surface area contributed by atoms with E-state index in [1.807, 2.05) is 6.07 Å². The Labute approximate surface area is 295 Å². The van der Waals surface area contributed by atoms with Crippen molar-refractivity contribution in [3.05, 3.63) is 143 Å². The van der Waals surface area contributed by atoms with Crippen LogP contribution < -0.4 is 10.6 Å². The second-order valence-electron chi connectivity index (χ2n) is 14.7. The van der Waals surface area contributed by atoms with E-state index >= 15 is 0 Å². The third-order valence-corrected chi connectivity index (χ3v) is 11.6. The molecule has 4 heteroatoms. The first-order valence-electron chi connectivity index (χ1n) is 18.1. The van der Waals surface area contributed by atoms with Crippen molar-refractivity contribution in [2.45, 2.75) is 44.9 Å². The van der Waals surface area contributed by atoms with Gasteiger partial charge in [-0.15, -0.1) is 0 Å². The lowest BCUT2D eigenvalue weighted by Gasteiger charge is -2.26. The highest BCUT2D eigenvalue weighted by molar-refractivity contribution is 6.24. The fourth-order valence-electron chi connectivity index (χ4n) is 9.08. The molecule has 0 unspecified atom stereocenters. The molecule has 5 aromatic carbocycles. The first-order valence-corrected chi connectivity index (χ1v) is 18.1. The van der Waals surface area contributed by atoms with Gasteiger partial charge in [-0.3, -0.25) is 4.57 Å². The van der Waals surface area contributed by atoms with Crippen LogP contribution in [-0.2, 0) is 5.41 Å². The molecule has 0 aliphatic heterocycles. The Morgan fingerprint density at radius 1 is 0.686 bits per heavy atom. The number of hydrogen-bond donors (Lipinski definition) is 0. The number of para-hydroxylation sites is 1. The number of furan rings is 1. The van der Waals surface area contributed by atoms with Gasteiger partial charge in [-0.2, -0.15) is 0 Å². The third-order valence-electron chi connectivity index (χ3n) is 11.6. The van der Waals surface area contributed by atoms with Gasteiger partial charge in [-0.25, -0.2) is 9.97 Å². The van der Waals surface area contributed by atoms with Gasteiger partial charge in [0.15, 0.2) is 0 Å². The minimum atomic E-state index is 0.00959. The normalized spacial score (nSPS) is 16.0. The number of allylic oxidation sites excluding steroid dienone is 4. The fourth-order valence-corrected chi connectivity index (χ4v) is 9.08. The lowest BCUT2D eigenvalue weighted by molar-refractivity contribution is 0.607. The summed E-state index contributed by atoms with van der Waals surface area (Å²) in [4.78, 5) is 10.7. The number of hydrogen-bond acceptors (Lipinski definition) is 3. The summed E-state index contributed by atoms with van der Waals surface area (Å²) in [5, 5.41) is 6.56. The zero-order valence-corrected chi connectivity index (χ0v) is 28.7. The summed E-state index contributed by atoms with van der Waals surface area (Å²) in [6, 6.07) is 37.2. The molecule has 0 saturated heterocycles. The molecule has 3 heterocycles. The molecular weight excluding hydrogens is 623 g/mol. The molecule has 3 aliphatic carbocycles. The van der Waals surface area contributed by atoms with Crippen LogP contribution in [0.2, 0.25) is 0 Å². The Bertz CT molecular complexity index is 2990. The molecular formula is C47H35N3O. The number of rotatable bonds is 3. The van der Waals surface area contributed by atoms with E-state index in [0.717, 1.165) is 91.3 Å². The van der Waals surface area contributed by atoms with Crippen LogP contribution >= 0.6 is 0 Å². The summed E-state index contributed by atoms with van der Waals surface area (Å²) in [7, 11) is 0. The number of nitrogens with zero attached hydrogens (tertiary/aromatic N) is 3. The van der Waals surface area contributed by atoms with Gasteiger partial charge in [0.05, 0.1) is 27.5 Å². The average Bonchev–Trinajstić information content (AvgIpc) is 3.80. The van der Waals surface area contributed by atoms with Crippen LogP contribution in [0.3, 0.4) is 0 Å². The van der Waals surface area contributed by atoms with Crippen molar-refractivity contribution in [3.63, 3.8) is 0 Å². The van der Waals surface area contributed by atoms with Crippen molar-refractivity contribution >= 4 is 61.5 Å². The highest BCUT2D eigenvalue weighted by atomic mass is 16.3. The van der Waals surface area contributed by atoms with Crippen molar-refractivity contribution in [3.8, 4) is 28.3 Å². The van der Waals surface area contributed by atoms with Gasteiger partial charge in [0, 0.05) is 32.4 Å². The maximum absolute atomic E-state index is 6.67. The SMILES string of the molecule is CC1(C)C2=C(C=CCC2)c2ccc(-c3ccc4c5c6oc7ccccc7c6ccc5n(-c5nc(-c6ccccc6)c6c(n5)=CCCC=6)c4c3)cc21. The monoisotopic (exact) mass is 657 g/mol. The van der Waals surface area contributed by atoms with Crippen molar-refractivity contribution in [1.82, 2.24) is 14.5 Å². The first-order chi connectivity index (χ1) is 25.0. The molecule has 51 heavy (non-hydrogen) atoms. The zero-order chi connectivity index (χ0) is 33.8. The van der Waals surface area contributed by atoms with Crippen LogP contribution in [-0.4, -0.2) is 14.5 Å². The highest BCUT2D eigenvalue weighted by Gasteiger charge is 2.37. The van der Waals surface area contributed by atoms with Gasteiger partial charge in [0.25, 0.3) is 0 Å². The Balaban J connectivity index is 1.20. The van der Waals surface area contributed by atoms with E-state index < -0.39 is 0 Å². The first kappa shape index (κ1) is 28.8. The van der Waals surface area contributed by atoms with Gasteiger partial charge in [-0.05, 0) is 83.8 Å². The quantitative estimate of drug-likeness (QED) is 0.190. The minimum absolute atomic E-state index is 0.00959. The Kier molecular flexibility index (Phi) is 5.93. The smallest absolute Gasteiger partial charge is 0.235 e. The van der Waals surface area contributed by atoms with E-state index in [4.69, 9.17) is 14.4 Å². The summed E-state index contributed by atoms with van der Waals surface area (Å²) < 4.78 is 8.93. The molecule has 0 spiro atoms. The fraction of sp³-hybridized carbons (Fsp3) is 0.149. The largest absolute Gasteiger partial charge is 0.455 e. The summed E-state index contributed by atoms with van der Waals surface area (Å²) in [5.74, 6) is 0.672. The van der Waals surface area contributed by atoms with Gasteiger partial charge < -0.3 is 4.42 Å². The van der Waals surface area contributed by atoms with Crippen LogP contribution in [0, 0.1) is 0 Å². The lowest BCUT2D eigenvalue weighted by atomic mass is 9.78. The maximum atomic E-state index is 6.67. The average molecular weight is 658 g/mol. The molecule has 4 nitrogen and oxygen atoms in total. The van der Waals surface area contributed by atoms with Crippen molar-refractivity contribution in [2.24, 2.45) is 0 Å². The standard InChI is InChI=1S/C47H35N3O/c1-47(2)37-17-9-6-14-31(37)32-22-20-29(26-38(32)47)30-21-23-36-41(27-30)50(40-25-24-34-33-15-8-11-19-42(33)51-45(34)43(36)40)46-48-39-18-10-7-16-35(39)44(49-46)28-12-4-3-5-13-28/h3-6,8,11-16,18-27H,7,9-10,17H2,1-2H3. The molecule has 0 amide bonds. The second-order valence-corrected chi connectivity index (χ2v) is 14.7. The Morgan fingerprint density at radius 2 is 1.49 bits per heavy atom. The predicted molar refractivity (Wildman–Crippen MR) is 210 cm³/mol. The van der Waals surface area contributed by atoms with Crippen molar-refractivity contribution < 1.29 is 4.42 Å². The molecule has 8 aromatic rings. The van der Waals surface area contributed by atoms with Gasteiger partial charge >= 0.3 is 0 Å². The summed E-state index contributed by atoms with van der Waals surface area (Å²) >= 11 is 0. The molecule has 244 valence electrons. The van der Waals surface area contributed by atoms with Crippen LogP contribution in [0.1, 0.15) is 50.7 Å². The molecule has 0 atom stereocenters. The maximum Gasteiger partial charge on any atom is 0.235 e. The summed E-state index contributed by atoms with van der Waals surface area (Å²) in [6.45, 7) is 4.78. The van der Waals surface area contributed by atoms with Gasteiger partial charge in [0.2, 0.25) is 5.95 Å². The van der Waals surface area contributed by atoms with E-state index in [2.05, 4.69) is 140 Å². The van der Waals surface area contributed by atoms with Crippen molar-refractivity contribution in [2.75, 3.05) is 0 Å². The van der Waals surface area contributed by atoms with E-state index in [1.165, 1.54) is 27.8 Å². The molecule has 0 bridgehead atoms.